The average molecular weight is 314 g/mol. The van der Waals surface area contributed by atoms with Crippen molar-refractivity contribution in [3.8, 4) is 0 Å². The predicted molar refractivity (Wildman–Crippen MR) is 89.1 cm³/mol. The molecule has 1 N–H and O–H groups in total. The molecular formula is C18H22N2OS. The molecule has 1 aliphatic heterocycles. The predicted octanol–water partition coefficient (Wildman–Crippen LogP) is 3.90. The van der Waals surface area contributed by atoms with Crippen molar-refractivity contribution in [3.63, 3.8) is 0 Å². The summed E-state index contributed by atoms with van der Waals surface area (Å²) in [7, 11) is 0. The van der Waals surface area contributed by atoms with Gasteiger partial charge in [0, 0.05) is 36.2 Å². The minimum atomic E-state index is 0.364. The van der Waals surface area contributed by atoms with Crippen LogP contribution in [0.5, 0.6) is 0 Å². The molecule has 0 bridgehead atoms. The molecule has 2 aromatic rings. The Morgan fingerprint density at radius 3 is 3.18 bits per heavy atom. The van der Waals surface area contributed by atoms with Gasteiger partial charge in [-0.25, -0.2) is 0 Å². The molecule has 0 radical (unpaired) electrons. The van der Waals surface area contributed by atoms with Gasteiger partial charge in [-0.05, 0) is 49.3 Å². The summed E-state index contributed by atoms with van der Waals surface area (Å²) >= 11 is 1.78. The van der Waals surface area contributed by atoms with Crippen LogP contribution in [0.4, 0.5) is 0 Å². The van der Waals surface area contributed by atoms with Gasteiger partial charge in [0.15, 0.2) is 0 Å². The molecule has 3 fully saturated rings. The highest BCUT2D eigenvalue weighted by molar-refractivity contribution is 7.17. The molecule has 2 aliphatic carbocycles. The fourth-order valence-electron chi connectivity index (χ4n) is 4.96. The normalized spacial score (nSPS) is 33.4. The SMILES string of the molecule is CC(NC1C2CCOC2C12CCC2)c1cnc2ccsc2c1. The maximum atomic E-state index is 6.02. The summed E-state index contributed by atoms with van der Waals surface area (Å²) in [6.07, 6.45) is 7.90. The highest BCUT2D eigenvalue weighted by Crippen LogP contribution is 2.63. The Hall–Kier alpha value is -0.970. The van der Waals surface area contributed by atoms with E-state index in [1.165, 1.54) is 35.9 Å². The molecule has 3 heterocycles. The Morgan fingerprint density at radius 2 is 2.36 bits per heavy atom. The molecule has 4 unspecified atom stereocenters. The maximum absolute atomic E-state index is 6.02. The number of nitrogens with zero attached hydrogens (tertiary/aromatic N) is 1. The molecule has 3 nitrogen and oxygen atoms in total. The van der Waals surface area contributed by atoms with E-state index in [2.05, 4.69) is 34.7 Å². The van der Waals surface area contributed by atoms with Crippen molar-refractivity contribution in [2.45, 2.75) is 50.8 Å². The molecular weight excluding hydrogens is 292 g/mol. The number of pyridine rings is 1. The summed E-state index contributed by atoms with van der Waals surface area (Å²) in [5.74, 6) is 0.737. The Balaban J connectivity index is 1.38. The standard InChI is InChI=1S/C18H22N2OS/c1-11(12-9-15-14(19-10-12)4-8-22-15)20-16-13-3-7-21-17(13)18(16)5-2-6-18/h4,8-11,13,16-17,20H,2-3,5-7H2,1H3. The van der Waals surface area contributed by atoms with Crippen LogP contribution in [0.2, 0.25) is 0 Å². The van der Waals surface area contributed by atoms with Gasteiger partial charge in [0.05, 0.1) is 16.3 Å². The molecule has 2 aromatic heterocycles. The van der Waals surface area contributed by atoms with Crippen LogP contribution in [0.1, 0.15) is 44.2 Å². The number of aromatic nitrogens is 1. The number of hydrogen-bond acceptors (Lipinski definition) is 4. The maximum Gasteiger partial charge on any atom is 0.0809 e. The van der Waals surface area contributed by atoms with E-state index < -0.39 is 0 Å². The summed E-state index contributed by atoms with van der Waals surface area (Å²) < 4.78 is 7.32. The van der Waals surface area contributed by atoms with E-state index in [1.807, 2.05) is 6.20 Å². The van der Waals surface area contributed by atoms with Crippen molar-refractivity contribution in [2.75, 3.05) is 6.61 Å². The molecule has 2 saturated carbocycles. The van der Waals surface area contributed by atoms with Gasteiger partial charge in [0.2, 0.25) is 0 Å². The fourth-order valence-corrected chi connectivity index (χ4v) is 5.75. The first kappa shape index (κ1) is 13.5. The van der Waals surface area contributed by atoms with Crippen LogP contribution >= 0.6 is 11.3 Å². The zero-order chi connectivity index (χ0) is 14.7. The third-order valence-corrected chi connectivity index (χ3v) is 7.14. The largest absolute Gasteiger partial charge is 0.377 e. The van der Waals surface area contributed by atoms with Gasteiger partial charge in [-0.3, -0.25) is 4.98 Å². The molecule has 22 heavy (non-hydrogen) atoms. The molecule has 4 atom stereocenters. The second kappa shape index (κ2) is 4.76. The zero-order valence-electron chi connectivity index (χ0n) is 12.9. The van der Waals surface area contributed by atoms with Crippen molar-refractivity contribution in [1.82, 2.24) is 10.3 Å². The van der Waals surface area contributed by atoms with E-state index in [0.717, 1.165) is 18.0 Å². The summed E-state index contributed by atoms with van der Waals surface area (Å²) in [5, 5.41) is 6.06. The highest BCUT2D eigenvalue weighted by atomic mass is 32.1. The quantitative estimate of drug-likeness (QED) is 0.933. The fraction of sp³-hybridized carbons (Fsp3) is 0.611. The molecule has 0 amide bonds. The second-order valence-electron chi connectivity index (χ2n) is 7.27. The lowest BCUT2D eigenvalue weighted by atomic mass is 9.46. The monoisotopic (exact) mass is 314 g/mol. The van der Waals surface area contributed by atoms with Gasteiger partial charge in [-0.2, -0.15) is 0 Å². The Labute approximate surface area is 135 Å². The van der Waals surface area contributed by atoms with Crippen molar-refractivity contribution in [3.05, 3.63) is 29.3 Å². The molecule has 4 heteroatoms. The van der Waals surface area contributed by atoms with E-state index >= 15 is 0 Å². The Morgan fingerprint density at radius 1 is 1.45 bits per heavy atom. The number of nitrogens with one attached hydrogen (secondary N) is 1. The molecule has 3 aliphatic rings. The summed E-state index contributed by atoms with van der Waals surface area (Å²) in [6, 6.07) is 5.41. The van der Waals surface area contributed by atoms with Crippen molar-refractivity contribution >= 4 is 21.6 Å². The minimum Gasteiger partial charge on any atom is -0.377 e. The van der Waals surface area contributed by atoms with Crippen molar-refractivity contribution in [1.29, 1.82) is 0 Å². The molecule has 1 saturated heterocycles. The molecule has 116 valence electrons. The van der Waals surface area contributed by atoms with Crippen molar-refractivity contribution in [2.24, 2.45) is 11.3 Å². The van der Waals surface area contributed by atoms with Gasteiger partial charge in [-0.1, -0.05) is 6.42 Å². The van der Waals surface area contributed by atoms with Crippen LogP contribution in [0.3, 0.4) is 0 Å². The summed E-state index contributed by atoms with van der Waals surface area (Å²) in [5.41, 5.74) is 2.88. The van der Waals surface area contributed by atoms with Crippen molar-refractivity contribution < 1.29 is 4.74 Å². The lowest BCUT2D eigenvalue weighted by Gasteiger charge is -2.64. The van der Waals surface area contributed by atoms with Crippen LogP contribution in [-0.4, -0.2) is 23.7 Å². The third-order valence-electron chi connectivity index (χ3n) is 6.29. The average Bonchev–Trinajstić information content (AvgIpc) is 3.09. The minimum absolute atomic E-state index is 0.364. The van der Waals surface area contributed by atoms with Gasteiger partial charge < -0.3 is 10.1 Å². The smallest absolute Gasteiger partial charge is 0.0809 e. The summed E-state index contributed by atoms with van der Waals surface area (Å²) in [4.78, 5) is 4.60. The van der Waals surface area contributed by atoms with Gasteiger partial charge in [0.25, 0.3) is 0 Å². The lowest BCUT2D eigenvalue weighted by molar-refractivity contribution is -0.178. The highest BCUT2D eigenvalue weighted by Gasteiger charge is 2.66. The first-order chi connectivity index (χ1) is 10.8. The lowest BCUT2D eigenvalue weighted by Crippen LogP contribution is -2.71. The second-order valence-corrected chi connectivity index (χ2v) is 8.22. The van der Waals surface area contributed by atoms with E-state index in [0.29, 0.717) is 23.6 Å². The Bertz CT molecular complexity index is 708. The van der Waals surface area contributed by atoms with E-state index in [4.69, 9.17) is 4.74 Å². The van der Waals surface area contributed by atoms with Crippen LogP contribution in [-0.2, 0) is 4.74 Å². The number of ether oxygens (including phenoxy) is 1. The first-order valence-electron chi connectivity index (χ1n) is 8.49. The number of fused-ring (bicyclic) bond motifs is 3. The first-order valence-corrected chi connectivity index (χ1v) is 9.37. The molecule has 1 spiro atoms. The van der Waals surface area contributed by atoms with Gasteiger partial charge in [-0.15, -0.1) is 11.3 Å². The van der Waals surface area contributed by atoms with Gasteiger partial charge in [0.1, 0.15) is 0 Å². The van der Waals surface area contributed by atoms with E-state index in [-0.39, 0.29) is 0 Å². The Kier molecular flexibility index (Phi) is 2.91. The van der Waals surface area contributed by atoms with Crippen LogP contribution in [0.25, 0.3) is 10.2 Å². The van der Waals surface area contributed by atoms with E-state index in [9.17, 15) is 0 Å². The molecule has 0 aromatic carbocycles. The van der Waals surface area contributed by atoms with Gasteiger partial charge >= 0.3 is 0 Å². The zero-order valence-corrected chi connectivity index (χ0v) is 13.7. The van der Waals surface area contributed by atoms with E-state index in [1.54, 1.807) is 11.3 Å². The third kappa shape index (κ3) is 1.72. The van der Waals surface area contributed by atoms with Crippen LogP contribution < -0.4 is 5.32 Å². The number of rotatable bonds is 3. The topological polar surface area (TPSA) is 34.1 Å². The molecule has 5 rings (SSSR count). The van der Waals surface area contributed by atoms with Crippen LogP contribution in [0, 0.1) is 11.3 Å². The number of thiophene rings is 1. The van der Waals surface area contributed by atoms with Crippen LogP contribution in [0.15, 0.2) is 23.7 Å². The summed E-state index contributed by atoms with van der Waals surface area (Å²) in [6.45, 7) is 3.25. The number of hydrogen-bond donors (Lipinski definition) is 1.